The molecule has 1 unspecified atom stereocenters. The van der Waals surface area contributed by atoms with Crippen LogP contribution in [0.2, 0.25) is 20.1 Å². The fourth-order valence-electron chi connectivity index (χ4n) is 3.87. The lowest BCUT2D eigenvalue weighted by atomic mass is 9.94. The largest absolute Gasteiger partial charge is 0.480 e. The number of hydrogen-bond donors (Lipinski definition) is 2. The average Bonchev–Trinajstić information content (AvgIpc) is 2.84. The van der Waals surface area contributed by atoms with E-state index in [9.17, 15) is 20.0 Å². The molecule has 0 saturated carbocycles. The summed E-state index contributed by atoms with van der Waals surface area (Å²) < 4.78 is 0. The first-order chi connectivity index (χ1) is 17.2. The third-order valence-electron chi connectivity index (χ3n) is 5.52. The van der Waals surface area contributed by atoms with Crippen molar-refractivity contribution in [2.45, 2.75) is 12.5 Å². The molecular weight excluding hydrogens is 544 g/mol. The highest BCUT2D eigenvalue weighted by Gasteiger charge is 2.25. The summed E-state index contributed by atoms with van der Waals surface area (Å²) in [4.78, 5) is 29.3. The van der Waals surface area contributed by atoms with Crippen molar-refractivity contribution in [2.75, 3.05) is 0 Å². The van der Waals surface area contributed by atoms with Crippen LogP contribution in [0.4, 0.5) is 0 Å². The van der Waals surface area contributed by atoms with E-state index in [4.69, 9.17) is 46.4 Å². The van der Waals surface area contributed by atoms with Crippen LogP contribution >= 0.6 is 46.4 Å². The Morgan fingerprint density at radius 1 is 0.972 bits per heavy atom. The van der Waals surface area contributed by atoms with E-state index in [2.05, 4.69) is 10.3 Å². The Morgan fingerprint density at radius 2 is 1.64 bits per heavy atom. The molecule has 180 valence electrons. The Hall–Kier alpha value is -3.34. The number of pyridine rings is 1. The van der Waals surface area contributed by atoms with Gasteiger partial charge in [-0.1, -0.05) is 70.7 Å². The Balaban J connectivity index is 1.74. The molecule has 1 amide bonds. The van der Waals surface area contributed by atoms with E-state index in [1.807, 2.05) is 6.07 Å². The number of nitrogens with zero attached hydrogens (tertiary/aromatic N) is 2. The van der Waals surface area contributed by atoms with Crippen molar-refractivity contribution < 1.29 is 14.7 Å². The number of carboxylic acids is 1. The third-order valence-corrected chi connectivity index (χ3v) is 6.74. The molecule has 0 spiro atoms. The average molecular weight is 559 g/mol. The first-order valence-corrected chi connectivity index (χ1v) is 12.0. The molecule has 3 aromatic carbocycles. The number of fused-ring (bicyclic) bond motifs is 1. The molecule has 1 aromatic heterocycles. The lowest BCUT2D eigenvalue weighted by molar-refractivity contribution is -0.139. The molecule has 10 heteroatoms. The molecule has 2 N–H and O–H groups in total. The van der Waals surface area contributed by atoms with Crippen LogP contribution in [0.15, 0.2) is 60.8 Å². The molecule has 1 atom stereocenters. The second-order valence-corrected chi connectivity index (χ2v) is 9.39. The van der Waals surface area contributed by atoms with Crippen LogP contribution in [0.25, 0.3) is 22.0 Å². The smallest absolute Gasteiger partial charge is 0.326 e. The number of aromatic nitrogens is 1. The zero-order valence-corrected chi connectivity index (χ0v) is 21.3. The van der Waals surface area contributed by atoms with Crippen LogP contribution in [0, 0.1) is 11.3 Å². The van der Waals surface area contributed by atoms with Crippen LogP contribution in [0.1, 0.15) is 21.5 Å². The normalized spacial score (nSPS) is 11.6. The number of carbonyl (C=O) groups is 2. The molecule has 4 aromatic rings. The summed E-state index contributed by atoms with van der Waals surface area (Å²) in [6, 6.07) is 15.3. The van der Waals surface area contributed by atoms with Crippen LogP contribution < -0.4 is 5.32 Å². The van der Waals surface area contributed by atoms with Crippen molar-refractivity contribution >= 4 is 69.2 Å². The van der Waals surface area contributed by atoms with Crippen molar-refractivity contribution in [1.82, 2.24) is 10.3 Å². The standard InChI is InChI=1S/C26H15Cl4N3O3/c27-17-4-1-5-18(28)23(17)25(34)33-21(26(35)36)11-14-6-7-16(24-15(14)3-2-8-32-24)22-19(29)9-13(12-31)10-20(22)30/h1-10,21H,11H2,(H,33,34)(H,35,36). The molecule has 0 radical (unpaired) electrons. The summed E-state index contributed by atoms with van der Waals surface area (Å²) in [6.45, 7) is 0. The first-order valence-electron chi connectivity index (χ1n) is 10.4. The second kappa shape index (κ2) is 10.7. The van der Waals surface area contributed by atoms with Crippen LogP contribution in [-0.2, 0) is 11.2 Å². The molecule has 6 nitrogen and oxygen atoms in total. The van der Waals surface area contributed by atoms with Gasteiger partial charge in [0.2, 0.25) is 0 Å². The summed E-state index contributed by atoms with van der Waals surface area (Å²) in [5.41, 5.74) is 2.60. The zero-order valence-electron chi connectivity index (χ0n) is 18.2. The maximum absolute atomic E-state index is 12.8. The maximum atomic E-state index is 12.8. The van der Waals surface area contributed by atoms with Crippen molar-refractivity contribution in [1.29, 1.82) is 5.26 Å². The Morgan fingerprint density at radius 3 is 2.25 bits per heavy atom. The van der Waals surface area contributed by atoms with Gasteiger partial charge in [-0.05, 0) is 35.9 Å². The van der Waals surface area contributed by atoms with Gasteiger partial charge >= 0.3 is 5.97 Å². The lowest BCUT2D eigenvalue weighted by Gasteiger charge is -2.18. The number of benzene rings is 3. The molecular formula is C26H15Cl4N3O3. The summed E-state index contributed by atoms with van der Waals surface area (Å²) in [5, 5.41) is 23.0. The van der Waals surface area contributed by atoms with Gasteiger partial charge in [0, 0.05) is 29.1 Å². The highest BCUT2D eigenvalue weighted by Crippen LogP contribution is 2.39. The van der Waals surface area contributed by atoms with Gasteiger partial charge in [-0.15, -0.1) is 0 Å². The molecule has 4 rings (SSSR count). The molecule has 36 heavy (non-hydrogen) atoms. The third kappa shape index (κ3) is 5.11. The van der Waals surface area contributed by atoms with Gasteiger partial charge in [-0.25, -0.2) is 4.79 Å². The molecule has 0 saturated heterocycles. The summed E-state index contributed by atoms with van der Waals surface area (Å²) in [5.74, 6) is -1.93. The highest BCUT2D eigenvalue weighted by molar-refractivity contribution is 6.40. The van der Waals surface area contributed by atoms with Gasteiger partial charge < -0.3 is 10.4 Å². The Kier molecular flexibility index (Phi) is 7.67. The topological polar surface area (TPSA) is 103 Å². The molecule has 0 aliphatic heterocycles. The van der Waals surface area contributed by atoms with Gasteiger partial charge in [0.15, 0.2) is 0 Å². The summed E-state index contributed by atoms with van der Waals surface area (Å²) in [6.07, 6.45) is 1.55. The molecule has 0 bridgehead atoms. The minimum absolute atomic E-state index is 0.000874. The maximum Gasteiger partial charge on any atom is 0.326 e. The predicted molar refractivity (Wildman–Crippen MR) is 141 cm³/mol. The summed E-state index contributed by atoms with van der Waals surface area (Å²) >= 11 is 25.1. The fraction of sp³-hybridized carbons (Fsp3) is 0.0769. The minimum Gasteiger partial charge on any atom is -0.480 e. The molecule has 0 aliphatic rings. The number of hydrogen-bond acceptors (Lipinski definition) is 4. The van der Waals surface area contributed by atoms with Crippen LogP contribution in [0.3, 0.4) is 0 Å². The Labute approximate surface area is 226 Å². The van der Waals surface area contributed by atoms with Gasteiger partial charge in [-0.3, -0.25) is 9.78 Å². The van der Waals surface area contributed by atoms with E-state index in [-0.39, 0.29) is 32.1 Å². The Bertz CT molecular complexity index is 1520. The van der Waals surface area contributed by atoms with E-state index in [0.29, 0.717) is 33.2 Å². The van der Waals surface area contributed by atoms with Gasteiger partial charge in [0.25, 0.3) is 5.91 Å². The molecule has 0 fully saturated rings. The number of aliphatic carboxylic acids is 1. The minimum atomic E-state index is -1.28. The van der Waals surface area contributed by atoms with Crippen LogP contribution in [0.5, 0.6) is 0 Å². The monoisotopic (exact) mass is 557 g/mol. The lowest BCUT2D eigenvalue weighted by Crippen LogP contribution is -2.42. The number of halogens is 4. The first kappa shape index (κ1) is 25.7. The molecule has 0 aliphatic carbocycles. The quantitative estimate of drug-likeness (QED) is 0.270. The number of nitrogens with one attached hydrogen (secondary N) is 1. The predicted octanol–water partition coefficient (Wildman–Crippen LogP) is 6.81. The second-order valence-electron chi connectivity index (χ2n) is 7.76. The summed E-state index contributed by atoms with van der Waals surface area (Å²) in [7, 11) is 0. The SMILES string of the molecule is N#Cc1cc(Cl)c(-c2ccc(CC(NC(=O)c3c(Cl)cccc3Cl)C(=O)O)c3cccnc23)c(Cl)c1. The van der Waals surface area contributed by atoms with Gasteiger partial charge in [-0.2, -0.15) is 5.26 Å². The van der Waals surface area contributed by atoms with Gasteiger partial charge in [0.1, 0.15) is 6.04 Å². The number of amides is 1. The van der Waals surface area contributed by atoms with Crippen molar-refractivity contribution in [3.63, 3.8) is 0 Å². The highest BCUT2D eigenvalue weighted by atomic mass is 35.5. The van der Waals surface area contributed by atoms with Crippen LogP contribution in [-0.4, -0.2) is 28.0 Å². The van der Waals surface area contributed by atoms with Crippen molar-refractivity contribution in [3.8, 4) is 17.2 Å². The number of carbonyl (C=O) groups excluding carboxylic acids is 1. The van der Waals surface area contributed by atoms with Crippen molar-refractivity contribution in [2.24, 2.45) is 0 Å². The number of carboxylic acid groups (broad SMARTS) is 1. The zero-order chi connectivity index (χ0) is 26.0. The fourth-order valence-corrected chi connectivity index (χ4v) is 5.13. The van der Waals surface area contributed by atoms with E-state index >= 15 is 0 Å². The number of nitriles is 1. The molecule has 1 heterocycles. The van der Waals surface area contributed by atoms with E-state index in [1.165, 1.54) is 24.3 Å². The van der Waals surface area contributed by atoms with Crippen molar-refractivity contribution in [3.05, 3.63) is 97.6 Å². The van der Waals surface area contributed by atoms with E-state index < -0.39 is 17.9 Å². The van der Waals surface area contributed by atoms with Gasteiger partial charge in [0.05, 0.1) is 42.8 Å². The van der Waals surface area contributed by atoms with E-state index in [0.717, 1.165) is 0 Å². The number of rotatable bonds is 6. The van der Waals surface area contributed by atoms with E-state index in [1.54, 1.807) is 36.5 Å².